The molecule has 3 rings (SSSR count). The van der Waals surface area contributed by atoms with Crippen LogP contribution in [0.5, 0.6) is 0 Å². The van der Waals surface area contributed by atoms with Gasteiger partial charge in [-0.1, -0.05) is 31.2 Å². The van der Waals surface area contributed by atoms with E-state index in [-0.39, 0.29) is 17.4 Å². The van der Waals surface area contributed by atoms with Crippen LogP contribution in [-0.4, -0.2) is 44.9 Å². The summed E-state index contributed by atoms with van der Waals surface area (Å²) in [5.74, 6) is -0.0635. The highest BCUT2D eigenvalue weighted by atomic mass is 16.2. The standard InChI is InChI=1S/C18H25N5O/c1-12-6-5-7-14(10-12)23-13(2)16(20-21-23)17(24)22-9-8-15(19)18(3,4)11-22/h5-7,10,15H,8-9,11,19H2,1-4H3. The number of nitrogens with two attached hydrogens (primary N) is 1. The Morgan fingerprint density at radius 3 is 2.75 bits per heavy atom. The molecule has 0 aliphatic carbocycles. The topological polar surface area (TPSA) is 77.0 Å². The zero-order valence-corrected chi connectivity index (χ0v) is 14.8. The molecule has 1 atom stereocenters. The summed E-state index contributed by atoms with van der Waals surface area (Å²) in [7, 11) is 0. The van der Waals surface area contributed by atoms with Gasteiger partial charge in [0.2, 0.25) is 0 Å². The molecule has 2 heterocycles. The molecule has 1 amide bonds. The Bertz CT molecular complexity index is 765. The number of piperidine rings is 1. The van der Waals surface area contributed by atoms with Crippen LogP contribution in [0, 0.1) is 19.3 Å². The Hall–Kier alpha value is -2.21. The minimum absolute atomic E-state index is 0.0635. The maximum atomic E-state index is 12.9. The number of rotatable bonds is 2. The van der Waals surface area contributed by atoms with Gasteiger partial charge >= 0.3 is 0 Å². The largest absolute Gasteiger partial charge is 0.337 e. The predicted octanol–water partition coefficient (Wildman–Crippen LogP) is 2.08. The van der Waals surface area contributed by atoms with E-state index in [2.05, 4.69) is 24.2 Å². The van der Waals surface area contributed by atoms with Crippen LogP contribution in [0.3, 0.4) is 0 Å². The summed E-state index contributed by atoms with van der Waals surface area (Å²) in [5.41, 5.74) is 9.32. The van der Waals surface area contributed by atoms with Gasteiger partial charge in [-0.2, -0.15) is 0 Å². The van der Waals surface area contributed by atoms with Gasteiger partial charge in [-0.25, -0.2) is 4.68 Å². The lowest BCUT2D eigenvalue weighted by Gasteiger charge is -2.42. The van der Waals surface area contributed by atoms with Crippen molar-refractivity contribution in [3.63, 3.8) is 0 Å². The van der Waals surface area contributed by atoms with Gasteiger partial charge in [0.25, 0.3) is 5.91 Å². The van der Waals surface area contributed by atoms with Gasteiger partial charge in [0.1, 0.15) is 0 Å². The molecule has 2 N–H and O–H groups in total. The van der Waals surface area contributed by atoms with Crippen LogP contribution in [0.15, 0.2) is 24.3 Å². The quantitative estimate of drug-likeness (QED) is 0.916. The highest BCUT2D eigenvalue weighted by Crippen LogP contribution is 2.28. The molecular weight excluding hydrogens is 302 g/mol. The third kappa shape index (κ3) is 2.94. The summed E-state index contributed by atoms with van der Waals surface area (Å²) in [5, 5.41) is 8.34. The lowest BCUT2D eigenvalue weighted by atomic mass is 9.79. The highest BCUT2D eigenvalue weighted by molar-refractivity contribution is 5.93. The van der Waals surface area contributed by atoms with Gasteiger partial charge in [-0.15, -0.1) is 5.10 Å². The molecule has 6 nitrogen and oxygen atoms in total. The van der Waals surface area contributed by atoms with Crippen molar-refractivity contribution in [2.75, 3.05) is 13.1 Å². The number of hydrogen-bond donors (Lipinski definition) is 1. The van der Waals surface area contributed by atoms with Crippen LogP contribution in [0.1, 0.15) is 42.0 Å². The molecule has 0 radical (unpaired) electrons. The number of benzene rings is 1. The van der Waals surface area contributed by atoms with Crippen molar-refractivity contribution in [1.82, 2.24) is 19.9 Å². The van der Waals surface area contributed by atoms with Crippen LogP contribution in [0.2, 0.25) is 0 Å². The number of aryl methyl sites for hydroxylation is 1. The van der Waals surface area contributed by atoms with Crippen LogP contribution >= 0.6 is 0 Å². The zero-order chi connectivity index (χ0) is 17.5. The maximum Gasteiger partial charge on any atom is 0.276 e. The van der Waals surface area contributed by atoms with Crippen LogP contribution in [0.25, 0.3) is 5.69 Å². The van der Waals surface area contributed by atoms with E-state index >= 15 is 0 Å². The van der Waals surface area contributed by atoms with Crippen LogP contribution in [-0.2, 0) is 0 Å². The fourth-order valence-electron chi connectivity index (χ4n) is 3.23. The Balaban J connectivity index is 1.87. The third-order valence-corrected chi connectivity index (χ3v) is 4.94. The van der Waals surface area contributed by atoms with E-state index in [4.69, 9.17) is 5.73 Å². The van der Waals surface area contributed by atoms with E-state index < -0.39 is 0 Å². The molecule has 6 heteroatoms. The predicted molar refractivity (Wildman–Crippen MR) is 93.1 cm³/mol. The lowest BCUT2D eigenvalue weighted by molar-refractivity contribution is 0.0526. The number of nitrogens with zero attached hydrogens (tertiary/aromatic N) is 4. The molecular formula is C18H25N5O. The van der Waals surface area contributed by atoms with Crippen molar-refractivity contribution >= 4 is 5.91 Å². The molecule has 24 heavy (non-hydrogen) atoms. The normalized spacial score (nSPS) is 20.2. The minimum atomic E-state index is -0.0889. The fraction of sp³-hybridized carbons (Fsp3) is 0.500. The average Bonchev–Trinajstić information content (AvgIpc) is 2.91. The molecule has 2 aromatic rings. The Kier molecular flexibility index (Phi) is 4.17. The summed E-state index contributed by atoms with van der Waals surface area (Å²) in [4.78, 5) is 14.7. The molecule has 128 valence electrons. The number of carbonyl (C=O) groups is 1. The zero-order valence-electron chi connectivity index (χ0n) is 14.8. The summed E-state index contributed by atoms with van der Waals surface area (Å²) in [6.45, 7) is 9.43. The second-order valence-corrected chi connectivity index (χ2v) is 7.38. The summed E-state index contributed by atoms with van der Waals surface area (Å²) in [6, 6.07) is 8.11. The van der Waals surface area contributed by atoms with Gasteiger partial charge in [0.15, 0.2) is 5.69 Å². The number of aromatic nitrogens is 3. The molecule has 1 aromatic heterocycles. The minimum Gasteiger partial charge on any atom is -0.337 e. The third-order valence-electron chi connectivity index (χ3n) is 4.94. The van der Waals surface area contributed by atoms with Crippen LogP contribution < -0.4 is 5.73 Å². The Morgan fingerprint density at radius 1 is 1.33 bits per heavy atom. The second-order valence-electron chi connectivity index (χ2n) is 7.38. The smallest absolute Gasteiger partial charge is 0.276 e. The van der Waals surface area contributed by atoms with Crippen molar-refractivity contribution in [3.8, 4) is 5.69 Å². The summed E-state index contributed by atoms with van der Waals surface area (Å²) >= 11 is 0. The van der Waals surface area contributed by atoms with Crippen LogP contribution in [0.4, 0.5) is 0 Å². The average molecular weight is 327 g/mol. The number of likely N-dealkylation sites (tertiary alicyclic amines) is 1. The highest BCUT2D eigenvalue weighted by Gasteiger charge is 2.36. The first-order chi connectivity index (χ1) is 11.3. The molecule has 0 saturated carbocycles. The number of hydrogen-bond acceptors (Lipinski definition) is 4. The van der Waals surface area contributed by atoms with E-state index in [9.17, 15) is 4.79 Å². The SMILES string of the molecule is Cc1cccc(-n2nnc(C(=O)N3CCC(N)C(C)(C)C3)c2C)c1. The monoisotopic (exact) mass is 327 g/mol. The molecule has 1 unspecified atom stereocenters. The molecule has 1 aromatic carbocycles. The molecule has 0 spiro atoms. The van der Waals surface area contributed by atoms with Crippen molar-refractivity contribution in [3.05, 3.63) is 41.2 Å². The lowest BCUT2D eigenvalue weighted by Crippen LogP contribution is -2.54. The van der Waals surface area contributed by atoms with Gasteiger partial charge in [0, 0.05) is 19.1 Å². The van der Waals surface area contributed by atoms with E-state index in [1.807, 2.05) is 43.0 Å². The maximum absolute atomic E-state index is 12.9. The summed E-state index contributed by atoms with van der Waals surface area (Å²) < 4.78 is 1.72. The van der Waals surface area contributed by atoms with Crippen molar-refractivity contribution in [1.29, 1.82) is 0 Å². The second kappa shape index (κ2) is 6.02. The van der Waals surface area contributed by atoms with Crippen molar-refractivity contribution in [2.45, 2.75) is 40.2 Å². The Labute approximate surface area is 142 Å². The van der Waals surface area contributed by atoms with Gasteiger partial charge < -0.3 is 10.6 Å². The Morgan fingerprint density at radius 2 is 2.08 bits per heavy atom. The summed E-state index contributed by atoms with van der Waals surface area (Å²) in [6.07, 6.45) is 0.809. The van der Waals surface area contributed by atoms with E-state index in [1.54, 1.807) is 4.68 Å². The van der Waals surface area contributed by atoms with E-state index in [1.165, 1.54) is 0 Å². The molecule has 1 aliphatic heterocycles. The first-order valence-corrected chi connectivity index (χ1v) is 8.34. The first-order valence-electron chi connectivity index (χ1n) is 8.34. The van der Waals surface area contributed by atoms with Crippen molar-refractivity contribution in [2.24, 2.45) is 11.1 Å². The van der Waals surface area contributed by atoms with Gasteiger partial charge in [-0.3, -0.25) is 4.79 Å². The molecule has 0 bridgehead atoms. The van der Waals surface area contributed by atoms with Crippen molar-refractivity contribution < 1.29 is 4.79 Å². The van der Waals surface area contributed by atoms with Gasteiger partial charge in [0.05, 0.1) is 11.4 Å². The van der Waals surface area contributed by atoms with E-state index in [0.717, 1.165) is 23.4 Å². The number of amides is 1. The van der Waals surface area contributed by atoms with Gasteiger partial charge in [-0.05, 0) is 43.4 Å². The first kappa shape index (κ1) is 16.6. The number of carbonyl (C=O) groups excluding carboxylic acids is 1. The molecule has 1 saturated heterocycles. The van der Waals surface area contributed by atoms with E-state index in [0.29, 0.717) is 18.8 Å². The molecule has 1 aliphatic rings. The molecule has 1 fully saturated rings. The fourth-order valence-corrected chi connectivity index (χ4v) is 3.23.